The molecule has 4 rings (SSSR count). The number of ketones is 4. The normalized spacial score (nSPS) is 38.1. The van der Waals surface area contributed by atoms with Crippen molar-refractivity contribution in [1.29, 1.82) is 0 Å². The number of carbonyl (C=O) groups excluding carboxylic acids is 5. The highest BCUT2D eigenvalue weighted by atomic mass is 19.1. The number of carbonyl (C=O) groups is 5. The van der Waals surface area contributed by atoms with Gasteiger partial charge in [0.2, 0.25) is 5.91 Å². The Morgan fingerprint density at radius 3 is 2.21 bits per heavy atom. The van der Waals surface area contributed by atoms with Crippen molar-refractivity contribution >= 4 is 29.0 Å². The molecule has 8 unspecified atom stereocenters. The van der Waals surface area contributed by atoms with Crippen molar-refractivity contribution in [2.24, 2.45) is 29.4 Å². The van der Waals surface area contributed by atoms with E-state index in [-0.39, 0.29) is 5.56 Å². The quantitative estimate of drug-likeness (QED) is 0.470. The number of Topliss-reactive ketones (excluding diaryl/α,β-unsaturated/α-hetero) is 4. The number of hydrogen-bond donors (Lipinski definition) is 3. The summed E-state index contributed by atoms with van der Waals surface area (Å²) in [6, 6.07) is 0.0428. The summed E-state index contributed by atoms with van der Waals surface area (Å²) < 4.78 is 29.2. The summed E-state index contributed by atoms with van der Waals surface area (Å²) in [7, 11) is 2.75. The molecule has 0 spiro atoms. The number of hydrogen-bond acceptors (Lipinski definition) is 8. The van der Waals surface area contributed by atoms with Gasteiger partial charge in [0.05, 0.1) is 29.5 Å². The third-order valence-corrected chi connectivity index (χ3v) is 7.39. The number of aliphatic hydroxyl groups is 2. The number of benzene rings is 1. The van der Waals surface area contributed by atoms with Crippen LogP contribution in [0.4, 0.5) is 8.78 Å². The van der Waals surface area contributed by atoms with E-state index in [4.69, 9.17) is 5.73 Å². The first kappa shape index (κ1) is 23.3. The zero-order chi connectivity index (χ0) is 24.7. The van der Waals surface area contributed by atoms with Crippen LogP contribution in [0.2, 0.25) is 0 Å². The topological polar surface area (TPSA) is 155 Å². The molecule has 176 valence electrons. The SMILES string of the molecule is CC1c2c(F)ccc(F)c2C(=O)C2C(=O)C3(O)C(=O)C(C(N)=O)C(=O)C(N(C)C)C3C(O)C21. The van der Waals surface area contributed by atoms with Crippen LogP contribution in [0.1, 0.15) is 28.8 Å². The number of primary amides is 1. The Kier molecular flexibility index (Phi) is 5.15. The lowest BCUT2D eigenvalue weighted by molar-refractivity contribution is -0.196. The van der Waals surface area contributed by atoms with Crippen LogP contribution in [0, 0.1) is 35.3 Å². The molecule has 0 heterocycles. The standard InChI is InChI=1S/C22H22F2N2O7/c1-6-9-7(23)4-5-8(24)11(9)16(27)12-10(6)17(28)14-15(26(2)3)18(29)13(21(25)32)20(31)22(14,33)19(12)30/h4-6,10,12-15,17,28,33H,1-3H3,(H2,25,32). The van der Waals surface area contributed by atoms with Crippen molar-refractivity contribution in [3.8, 4) is 0 Å². The Balaban J connectivity index is 1.98. The van der Waals surface area contributed by atoms with Crippen molar-refractivity contribution in [2.75, 3.05) is 14.1 Å². The van der Waals surface area contributed by atoms with Crippen LogP contribution in [0.3, 0.4) is 0 Å². The summed E-state index contributed by atoms with van der Waals surface area (Å²) >= 11 is 0. The summed E-state index contributed by atoms with van der Waals surface area (Å²) in [4.78, 5) is 66.0. The molecule has 8 atom stereocenters. The van der Waals surface area contributed by atoms with Crippen LogP contribution in [0.5, 0.6) is 0 Å². The lowest BCUT2D eigenvalue weighted by atomic mass is 9.49. The number of nitrogens with zero attached hydrogens (tertiary/aromatic N) is 1. The fourth-order valence-corrected chi connectivity index (χ4v) is 5.99. The molecule has 1 amide bonds. The number of nitrogens with two attached hydrogens (primary N) is 1. The van der Waals surface area contributed by atoms with Crippen LogP contribution in [0.25, 0.3) is 0 Å². The van der Waals surface area contributed by atoms with Gasteiger partial charge in [-0.25, -0.2) is 8.78 Å². The third kappa shape index (κ3) is 2.76. The maximum absolute atomic E-state index is 14.6. The third-order valence-electron chi connectivity index (χ3n) is 7.39. The first-order valence-corrected chi connectivity index (χ1v) is 10.3. The largest absolute Gasteiger partial charge is 0.392 e. The van der Waals surface area contributed by atoms with Crippen LogP contribution < -0.4 is 5.73 Å². The van der Waals surface area contributed by atoms with Gasteiger partial charge in [-0.1, -0.05) is 6.92 Å². The van der Waals surface area contributed by atoms with Crippen molar-refractivity contribution in [1.82, 2.24) is 4.90 Å². The zero-order valence-corrected chi connectivity index (χ0v) is 17.9. The van der Waals surface area contributed by atoms with Gasteiger partial charge >= 0.3 is 0 Å². The first-order chi connectivity index (χ1) is 15.3. The fraction of sp³-hybridized carbons (Fsp3) is 0.500. The molecule has 3 aliphatic rings. The molecular weight excluding hydrogens is 442 g/mol. The molecule has 0 aliphatic heterocycles. The van der Waals surface area contributed by atoms with Crippen molar-refractivity contribution < 1.29 is 43.0 Å². The van der Waals surface area contributed by atoms with Gasteiger partial charge in [0.25, 0.3) is 0 Å². The molecular formula is C22H22F2N2O7. The molecule has 1 aromatic carbocycles. The minimum absolute atomic E-state index is 0.330. The molecule has 0 aromatic heterocycles. The minimum atomic E-state index is -3.11. The number of aliphatic hydroxyl groups excluding tert-OH is 1. The van der Waals surface area contributed by atoms with E-state index in [1.54, 1.807) is 0 Å². The Morgan fingerprint density at radius 2 is 1.67 bits per heavy atom. The molecule has 9 nitrogen and oxygen atoms in total. The maximum Gasteiger partial charge on any atom is 0.235 e. The molecule has 2 saturated carbocycles. The molecule has 33 heavy (non-hydrogen) atoms. The van der Waals surface area contributed by atoms with Crippen molar-refractivity contribution in [3.05, 3.63) is 34.9 Å². The van der Waals surface area contributed by atoms with E-state index in [2.05, 4.69) is 0 Å². The zero-order valence-electron chi connectivity index (χ0n) is 17.9. The highest BCUT2D eigenvalue weighted by Crippen LogP contribution is 2.54. The predicted molar refractivity (Wildman–Crippen MR) is 106 cm³/mol. The van der Waals surface area contributed by atoms with Crippen molar-refractivity contribution in [3.63, 3.8) is 0 Å². The van der Waals surface area contributed by atoms with Gasteiger partial charge < -0.3 is 15.9 Å². The Bertz CT molecular complexity index is 1140. The molecule has 0 radical (unpaired) electrons. The van der Waals surface area contributed by atoms with E-state index in [1.165, 1.54) is 25.9 Å². The Hall–Kier alpha value is -2.89. The van der Waals surface area contributed by atoms with Crippen LogP contribution in [0.15, 0.2) is 12.1 Å². The summed E-state index contributed by atoms with van der Waals surface area (Å²) in [5, 5.41) is 22.7. The molecule has 0 bridgehead atoms. The summed E-state index contributed by atoms with van der Waals surface area (Å²) in [6.45, 7) is 1.38. The van der Waals surface area contributed by atoms with Gasteiger partial charge in [-0.15, -0.1) is 0 Å². The summed E-state index contributed by atoms with van der Waals surface area (Å²) in [5.41, 5.74) is 1.08. The second kappa shape index (κ2) is 7.31. The number of halogens is 2. The van der Waals surface area contributed by atoms with Crippen molar-refractivity contribution in [2.45, 2.75) is 30.6 Å². The van der Waals surface area contributed by atoms with Crippen LogP contribution >= 0.6 is 0 Å². The van der Waals surface area contributed by atoms with Gasteiger partial charge in [-0.05, 0) is 32.1 Å². The van der Waals surface area contributed by atoms with E-state index < -0.39 is 93.6 Å². The highest BCUT2D eigenvalue weighted by Gasteiger charge is 2.73. The van der Waals surface area contributed by atoms with E-state index in [0.717, 1.165) is 12.1 Å². The maximum atomic E-state index is 14.6. The minimum Gasteiger partial charge on any atom is -0.392 e. The second-order valence-corrected chi connectivity index (χ2v) is 9.18. The van der Waals surface area contributed by atoms with E-state index in [1.807, 2.05) is 0 Å². The van der Waals surface area contributed by atoms with Gasteiger partial charge in [0.15, 0.2) is 34.7 Å². The number of rotatable bonds is 2. The summed E-state index contributed by atoms with van der Waals surface area (Å²) in [6.07, 6.45) is -1.83. The van der Waals surface area contributed by atoms with Gasteiger partial charge in [0, 0.05) is 11.5 Å². The van der Waals surface area contributed by atoms with E-state index in [9.17, 15) is 43.0 Å². The van der Waals surface area contributed by atoms with Gasteiger partial charge in [-0.3, -0.25) is 28.9 Å². The Morgan fingerprint density at radius 1 is 1.09 bits per heavy atom. The number of amides is 1. The molecule has 4 N–H and O–H groups in total. The smallest absolute Gasteiger partial charge is 0.235 e. The molecule has 2 fully saturated rings. The van der Waals surface area contributed by atoms with E-state index in [0.29, 0.717) is 0 Å². The highest BCUT2D eigenvalue weighted by molar-refractivity contribution is 6.32. The molecule has 11 heteroatoms. The fourth-order valence-electron chi connectivity index (χ4n) is 5.99. The average molecular weight is 464 g/mol. The van der Waals surface area contributed by atoms with Gasteiger partial charge in [0.1, 0.15) is 11.6 Å². The lowest BCUT2D eigenvalue weighted by Crippen LogP contribution is -2.77. The predicted octanol–water partition coefficient (Wildman–Crippen LogP) is -1.03. The Labute approximate surface area is 186 Å². The second-order valence-electron chi connectivity index (χ2n) is 9.18. The van der Waals surface area contributed by atoms with Crippen LogP contribution in [-0.4, -0.2) is 76.0 Å². The average Bonchev–Trinajstić information content (AvgIpc) is 2.72. The van der Waals surface area contributed by atoms with Gasteiger partial charge in [-0.2, -0.15) is 0 Å². The van der Waals surface area contributed by atoms with E-state index >= 15 is 0 Å². The first-order valence-electron chi connectivity index (χ1n) is 10.3. The monoisotopic (exact) mass is 464 g/mol. The summed E-state index contributed by atoms with van der Waals surface area (Å²) in [5.74, 6) is -16.8. The number of fused-ring (bicyclic) bond motifs is 3. The lowest BCUT2D eigenvalue weighted by Gasteiger charge is -2.55. The number of likely N-dealkylation sites (N-methyl/N-ethyl adjacent to an activating group) is 1. The molecule has 0 saturated heterocycles. The molecule has 1 aromatic rings. The van der Waals surface area contributed by atoms with Crippen LogP contribution in [-0.2, 0) is 19.2 Å². The molecule has 3 aliphatic carbocycles.